The number of nitrogens with zero attached hydrogens (tertiary/aromatic N) is 1. The molecule has 3 rings (SSSR count). The second kappa shape index (κ2) is 6.60. The minimum Gasteiger partial charge on any atom is -0.322 e. The maximum atomic E-state index is 12.5. The van der Waals surface area contributed by atoms with E-state index in [9.17, 15) is 18.0 Å². The first-order valence-electron chi connectivity index (χ1n) is 7.44. The van der Waals surface area contributed by atoms with Crippen LogP contribution in [0.4, 0.5) is 5.69 Å². The van der Waals surface area contributed by atoms with Gasteiger partial charge in [0.05, 0.1) is 16.1 Å². The van der Waals surface area contributed by atoms with Gasteiger partial charge in [0.15, 0.2) is 0 Å². The van der Waals surface area contributed by atoms with E-state index in [-0.39, 0.29) is 21.2 Å². The van der Waals surface area contributed by atoms with Crippen molar-refractivity contribution in [1.82, 2.24) is 14.3 Å². The van der Waals surface area contributed by atoms with Crippen LogP contribution in [-0.2, 0) is 10.0 Å². The van der Waals surface area contributed by atoms with Crippen LogP contribution >= 0.6 is 11.6 Å². The summed E-state index contributed by atoms with van der Waals surface area (Å²) in [4.78, 5) is 28.8. The zero-order valence-electron chi connectivity index (χ0n) is 13.8. The molecule has 10 heteroatoms. The molecule has 0 saturated heterocycles. The van der Waals surface area contributed by atoms with Gasteiger partial charge in [-0.2, -0.15) is 0 Å². The van der Waals surface area contributed by atoms with E-state index < -0.39 is 15.9 Å². The Morgan fingerprint density at radius 3 is 2.46 bits per heavy atom. The monoisotopic (exact) mass is 394 g/mol. The number of rotatable bonds is 4. The summed E-state index contributed by atoms with van der Waals surface area (Å²) in [5.74, 6) is -0.505. The van der Waals surface area contributed by atoms with Gasteiger partial charge in [0, 0.05) is 25.3 Å². The van der Waals surface area contributed by atoms with Gasteiger partial charge in [0.1, 0.15) is 4.90 Å². The van der Waals surface area contributed by atoms with Gasteiger partial charge < -0.3 is 15.3 Å². The maximum absolute atomic E-state index is 12.5. The average molecular weight is 395 g/mol. The fraction of sp³-hybridized carbons (Fsp3) is 0.125. The highest BCUT2D eigenvalue weighted by Gasteiger charge is 2.22. The number of sulfonamides is 1. The van der Waals surface area contributed by atoms with E-state index in [0.29, 0.717) is 16.7 Å². The number of carbonyl (C=O) groups excluding carboxylic acids is 1. The van der Waals surface area contributed by atoms with Crippen LogP contribution in [0.25, 0.3) is 11.0 Å². The number of halogens is 1. The number of aromatic amines is 2. The van der Waals surface area contributed by atoms with Gasteiger partial charge in [-0.1, -0.05) is 11.6 Å². The molecule has 0 radical (unpaired) electrons. The maximum Gasteiger partial charge on any atom is 0.323 e. The molecule has 1 heterocycles. The fourth-order valence-corrected chi connectivity index (χ4v) is 3.75. The predicted octanol–water partition coefficient (Wildman–Crippen LogP) is 2.01. The number of fused-ring (bicyclic) bond motifs is 1. The highest BCUT2D eigenvalue weighted by Crippen LogP contribution is 2.25. The van der Waals surface area contributed by atoms with Crippen LogP contribution < -0.4 is 11.0 Å². The molecule has 0 atom stereocenters. The Labute approximate surface area is 153 Å². The topological polar surface area (TPSA) is 115 Å². The molecule has 1 amide bonds. The molecular weight excluding hydrogens is 380 g/mol. The summed E-state index contributed by atoms with van der Waals surface area (Å²) in [6.07, 6.45) is 0. The highest BCUT2D eigenvalue weighted by atomic mass is 35.5. The lowest BCUT2D eigenvalue weighted by atomic mass is 10.2. The van der Waals surface area contributed by atoms with Gasteiger partial charge in [-0.15, -0.1) is 0 Å². The largest absolute Gasteiger partial charge is 0.323 e. The molecule has 3 N–H and O–H groups in total. The fourth-order valence-electron chi connectivity index (χ4n) is 2.35. The first kappa shape index (κ1) is 18.2. The molecule has 0 aliphatic rings. The molecule has 26 heavy (non-hydrogen) atoms. The van der Waals surface area contributed by atoms with Gasteiger partial charge in [-0.25, -0.2) is 17.5 Å². The molecule has 136 valence electrons. The molecule has 0 aliphatic carbocycles. The Morgan fingerprint density at radius 2 is 1.77 bits per heavy atom. The second-order valence-electron chi connectivity index (χ2n) is 5.73. The van der Waals surface area contributed by atoms with Gasteiger partial charge in [0.25, 0.3) is 5.91 Å². The zero-order valence-corrected chi connectivity index (χ0v) is 15.4. The number of H-pyrrole nitrogens is 2. The summed E-state index contributed by atoms with van der Waals surface area (Å²) in [7, 11) is -1.02. The zero-order chi connectivity index (χ0) is 19.1. The van der Waals surface area contributed by atoms with E-state index in [0.717, 1.165) is 4.31 Å². The lowest BCUT2D eigenvalue weighted by Crippen LogP contribution is -2.23. The summed E-state index contributed by atoms with van der Waals surface area (Å²) < 4.78 is 25.6. The van der Waals surface area contributed by atoms with E-state index in [2.05, 4.69) is 15.3 Å². The van der Waals surface area contributed by atoms with Gasteiger partial charge in [-0.3, -0.25) is 4.79 Å². The number of nitrogens with one attached hydrogen (secondary N) is 3. The predicted molar refractivity (Wildman–Crippen MR) is 99.2 cm³/mol. The third kappa shape index (κ3) is 3.36. The van der Waals surface area contributed by atoms with Crippen LogP contribution in [0.5, 0.6) is 0 Å². The summed E-state index contributed by atoms with van der Waals surface area (Å²) >= 11 is 5.98. The summed E-state index contributed by atoms with van der Waals surface area (Å²) in [5, 5.41) is 2.69. The SMILES string of the molecule is CN(C)S(=O)(=O)c1cc(C(=O)Nc2ccc3[nH]c(=O)[nH]c3c2)ccc1Cl. The second-order valence-corrected chi connectivity index (χ2v) is 8.25. The van der Waals surface area contributed by atoms with Crippen LogP contribution in [-0.4, -0.2) is 42.7 Å². The molecule has 2 aromatic carbocycles. The Kier molecular flexibility index (Phi) is 4.61. The highest BCUT2D eigenvalue weighted by molar-refractivity contribution is 7.89. The van der Waals surface area contributed by atoms with Crippen molar-refractivity contribution in [3.63, 3.8) is 0 Å². The number of imidazole rings is 1. The van der Waals surface area contributed by atoms with Crippen molar-refractivity contribution >= 4 is 44.3 Å². The van der Waals surface area contributed by atoms with E-state index >= 15 is 0 Å². The molecular formula is C16H15ClN4O4S. The normalized spacial score (nSPS) is 11.8. The molecule has 0 bridgehead atoms. The van der Waals surface area contributed by atoms with Gasteiger partial charge in [-0.05, 0) is 36.4 Å². The van der Waals surface area contributed by atoms with Crippen LogP contribution in [0, 0.1) is 0 Å². The van der Waals surface area contributed by atoms with Crippen molar-refractivity contribution in [2.24, 2.45) is 0 Å². The molecule has 0 unspecified atom stereocenters. The van der Waals surface area contributed by atoms with Gasteiger partial charge in [0.2, 0.25) is 10.0 Å². The molecule has 8 nitrogen and oxygen atoms in total. The standard InChI is InChI=1S/C16H15ClN4O4S/c1-21(2)26(24,25)14-7-9(3-5-11(14)17)15(22)18-10-4-6-12-13(8-10)20-16(23)19-12/h3-8H,1-2H3,(H,18,22)(H2,19,20,23). The molecule has 0 fully saturated rings. The number of carbonyl (C=O) groups is 1. The number of hydrogen-bond donors (Lipinski definition) is 3. The first-order valence-corrected chi connectivity index (χ1v) is 9.26. The minimum absolute atomic E-state index is 0.0292. The van der Waals surface area contributed by atoms with Crippen LogP contribution in [0.1, 0.15) is 10.4 Å². The lowest BCUT2D eigenvalue weighted by molar-refractivity contribution is 0.102. The summed E-state index contributed by atoms with van der Waals surface area (Å²) in [6.45, 7) is 0. The summed E-state index contributed by atoms with van der Waals surface area (Å²) in [5.41, 5.74) is 1.39. The van der Waals surface area contributed by atoms with Crippen LogP contribution in [0.15, 0.2) is 46.1 Å². The third-order valence-corrected chi connectivity index (χ3v) is 6.02. The molecule has 0 aliphatic heterocycles. The van der Waals surface area contributed by atoms with E-state index in [1.165, 1.54) is 32.3 Å². The number of benzene rings is 2. The number of amides is 1. The number of aromatic nitrogens is 2. The van der Waals surface area contributed by atoms with E-state index in [1.54, 1.807) is 18.2 Å². The van der Waals surface area contributed by atoms with E-state index in [4.69, 9.17) is 11.6 Å². The average Bonchev–Trinajstić information content (AvgIpc) is 2.94. The van der Waals surface area contributed by atoms with Crippen molar-refractivity contribution < 1.29 is 13.2 Å². The smallest absolute Gasteiger partial charge is 0.322 e. The minimum atomic E-state index is -3.78. The van der Waals surface area contributed by atoms with Gasteiger partial charge >= 0.3 is 5.69 Å². The molecule has 0 spiro atoms. The Bertz CT molecular complexity index is 1160. The molecule has 3 aromatic rings. The van der Waals surface area contributed by atoms with Crippen molar-refractivity contribution in [3.8, 4) is 0 Å². The number of hydrogen-bond acceptors (Lipinski definition) is 4. The van der Waals surface area contributed by atoms with Crippen molar-refractivity contribution in [3.05, 3.63) is 57.5 Å². The van der Waals surface area contributed by atoms with Crippen molar-refractivity contribution in [1.29, 1.82) is 0 Å². The van der Waals surface area contributed by atoms with Crippen LogP contribution in [0.2, 0.25) is 5.02 Å². The Hall–Kier alpha value is -2.62. The number of anilines is 1. The van der Waals surface area contributed by atoms with E-state index in [1.807, 2.05) is 0 Å². The summed E-state index contributed by atoms with van der Waals surface area (Å²) in [6, 6.07) is 8.88. The Balaban J connectivity index is 1.93. The first-order chi connectivity index (χ1) is 12.2. The van der Waals surface area contributed by atoms with Crippen molar-refractivity contribution in [2.45, 2.75) is 4.90 Å². The van der Waals surface area contributed by atoms with Crippen LogP contribution in [0.3, 0.4) is 0 Å². The molecule has 1 aromatic heterocycles. The van der Waals surface area contributed by atoms with Crippen molar-refractivity contribution in [2.75, 3.05) is 19.4 Å². The molecule has 0 saturated carbocycles. The Morgan fingerprint density at radius 1 is 1.08 bits per heavy atom. The quantitative estimate of drug-likeness (QED) is 0.627. The lowest BCUT2D eigenvalue weighted by Gasteiger charge is -2.14. The third-order valence-electron chi connectivity index (χ3n) is 3.73.